The Morgan fingerprint density at radius 1 is 1.40 bits per heavy atom. The maximum absolute atomic E-state index is 5.69. The number of nitrogens with one attached hydrogen (secondary N) is 1. The molecule has 0 aliphatic carbocycles. The van der Waals surface area contributed by atoms with E-state index in [1.807, 2.05) is 0 Å². The summed E-state index contributed by atoms with van der Waals surface area (Å²) in [5, 5.41) is 3.62. The zero-order valence-electron chi connectivity index (χ0n) is 10.7. The largest absolute Gasteiger partial charge is 0.380 e. The summed E-state index contributed by atoms with van der Waals surface area (Å²) in [7, 11) is 1.76. The summed E-state index contributed by atoms with van der Waals surface area (Å²) in [6, 6.07) is 0.954. The molecule has 1 aliphatic rings. The Kier molecular flexibility index (Phi) is 4.56. The molecule has 0 aromatic heterocycles. The van der Waals surface area contributed by atoms with Crippen LogP contribution in [0.25, 0.3) is 0 Å². The van der Waals surface area contributed by atoms with E-state index in [-0.39, 0.29) is 11.7 Å². The van der Waals surface area contributed by atoms with Crippen molar-refractivity contribution in [2.45, 2.75) is 64.3 Å². The highest BCUT2D eigenvalue weighted by Crippen LogP contribution is 2.24. The molecule has 1 saturated heterocycles. The van der Waals surface area contributed by atoms with Crippen molar-refractivity contribution in [2.24, 2.45) is 0 Å². The summed E-state index contributed by atoms with van der Waals surface area (Å²) >= 11 is 0. The van der Waals surface area contributed by atoms with Gasteiger partial charge in [-0.05, 0) is 40.5 Å². The summed E-state index contributed by atoms with van der Waals surface area (Å²) in [5.74, 6) is 0. The number of methoxy groups -OCH3 is 1. The van der Waals surface area contributed by atoms with E-state index in [1.54, 1.807) is 7.11 Å². The molecule has 0 aromatic carbocycles. The predicted molar refractivity (Wildman–Crippen MR) is 62.1 cm³/mol. The Labute approximate surface area is 93.5 Å². The quantitative estimate of drug-likeness (QED) is 0.777. The van der Waals surface area contributed by atoms with E-state index >= 15 is 0 Å². The maximum Gasteiger partial charge on any atom is 0.0693 e. The van der Waals surface area contributed by atoms with Crippen molar-refractivity contribution in [3.8, 4) is 0 Å². The molecule has 0 spiro atoms. The lowest BCUT2D eigenvalue weighted by molar-refractivity contribution is -0.0662. The Morgan fingerprint density at radius 2 is 2.07 bits per heavy atom. The minimum absolute atomic E-state index is 0.0198. The van der Waals surface area contributed by atoms with Crippen LogP contribution in [0.15, 0.2) is 0 Å². The first-order chi connectivity index (χ1) is 6.94. The Bertz CT molecular complexity index is 194. The van der Waals surface area contributed by atoms with E-state index in [2.05, 4.69) is 33.0 Å². The van der Waals surface area contributed by atoms with Crippen LogP contribution in [-0.2, 0) is 9.47 Å². The van der Waals surface area contributed by atoms with E-state index < -0.39 is 0 Å². The van der Waals surface area contributed by atoms with Crippen LogP contribution in [-0.4, -0.2) is 37.5 Å². The van der Waals surface area contributed by atoms with Gasteiger partial charge in [0.15, 0.2) is 0 Å². The van der Waals surface area contributed by atoms with Gasteiger partial charge in [-0.3, -0.25) is 0 Å². The third-order valence-electron chi connectivity index (χ3n) is 3.27. The van der Waals surface area contributed by atoms with Crippen LogP contribution in [0.3, 0.4) is 0 Å². The molecule has 0 amide bonds. The zero-order chi connectivity index (χ0) is 11.5. The normalized spacial score (nSPS) is 29.8. The Morgan fingerprint density at radius 3 is 2.60 bits per heavy atom. The second kappa shape index (κ2) is 5.28. The third-order valence-corrected chi connectivity index (χ3v) is 3.27. The fourth-order valence-corrected chi connectivity index (χ4v) is 2.09. The van der Waals surface area contributed by atoms with Crippen LogP contribution in [0.2, 0.25) is 0 Å². The van der Waals surface area contributed by atoms with Gasteiger partial charge in [0, 0.05) is 25.8 Å². The molecular formula is C12H25NO2. The maximum atomic E-state index is 5.69. The molecule has 0 radical (unpaired) electrons. The van der Waals surface area contributed by atoms with Gasteiger partial charge >= 0.3 is 0 Å². The SMILES string of the molecule is COC(C)C(C)NC1CCOC(C)(C)C1. The van der Waals surface area contributed by atoms with Crippen molar-refractivity contribution in [2.75, 3.05) is 13.7 Å². The number of rotatable bonds is 4. The molecule has 3 atom stereocenters. The molecule has 1 fully saturated rings. The van der Waals surface area contributed by atoms with Gasteiger partial charge in [-0.15, -0.1) is 0 Å². The summed E-state index contributed by atoms with van der Waals surface area (Å²) in [6.45, 7) is 9.45. The molecule has 1 rings (SSSR count). The van der Waals surface area contributed by atoms with Crippen molar-refractivity contribution in [1.29, 1.82) is 0 Å². The molecule has 3 unspecified atom stereocenters. The van der Waals surface area contributed by atoms with Gasteiger partial charge < -0.3 is 14.8 Å². The lowest BCUT2D eigenvalue weighted by Gasteiger charge is -2.37. The first kappa shape index (κ1) is 12.9. The summed E-state index contributed by atoms with van der Waals surface area (Å²) in [6.07, 6.45) is 2.44. The molecule has 0 aromatic rings. The average molecular weight is 215 g/mol. The highest BCUT2D eigenvalue weighted by Gasteiger charge is 2.29. The third kappa shape index (κ3) is 4.09. The minimum atomic E-state index is 0.0198. The Hall–Kier alpha value is -0.120. The zero-order valence-corrected chi connectivity index (χ0v) is 10.7. The molecule has 3 nitrogen and oxygen atoms in total. The van der Waals surface area contributed by atoms with Gasteiger partial charge in [-0.1, -0.05) is 0 Å². The fourth-order valence-electron chi connectivity index (χ4n) is 2.09. The van der Waals surface area contributed by atoms with Crippen molar-refractivity contribution < 1.29 is 9.47 Å². The van der Waals surface area contributed by atoms with Gasteiger partial charge in [-0.25, -0.2) is 0 Å². The van der Waals surface area contributed by atoms with E-state index in [0.29, 0.717) is 12.1 Å². The van der Waals surface area contributed by atoms with Gasteiger partial charge in [0.25, 0.3) is 0 Å². The highest BCUT2D eigenvalue weighted by molar-refractivity contribution is 4.85. The molecule has 90 valence electrons. The molecular weight excluding hydrogens is 190 g/mol. The number of hydrogen-bond donors (Lipinski definition) is 1. The molecule has 3 heteroatoms. The molecule has 15 heavy (non-hydrogen) atoms. The Balaban J connectivity index is 2.38. The van der Waals surface area contributed by atoms with Gasteiger partial charge in [-0.2, -0.15) is 0 Å². The molecule has 1 heterocycles. The van der Waals surface area contributed by atoms with Crippen LogP contribution in [0.1, 0.15) is 40.5 Å². The summed E-state index contributed by atoms with van der Waals surface area (Å²) in [5.41, 5.74) is 0.0198. The van der Waals surface area contributed by atoms with Gasteiger partial charge in [0.1, 0.15) is 0 Å². The van der Waals surface area contributed by atoms with Gasteiger partial charge in [0.2, 0.25) is 0 Å². The summed E-state index contributed by atoms with van der Waals surface area (Å²) < 4.78 is 11.0. The molecule has 0 saturated carbocycles. The van der Waals surface area contributed by atoms with Gasteiger partial charge in [0.05, 0.1) is 11.7 Å². The van der Waals surface area contributed by atoms with Crippen LogP contribution in [0.5, 0.6) is 0 Å². The minimum Gasteiger partial charge on any atom is -0.380 e. The van der Waals surface area contributed by atoms with E-state index in [0.717, 1.165) is 19.4 Å². The fraction of sp³-hybridized carbons (Fsp3) is 1.00. The molecule has 0 bridgehead atoms. The van der Waals surface area contributed by atoms with Crippen molar-refractivity contribution in [3.63, 3.8) is 0 Å². The number of ether oxygens (including phenoxy) is 2. The topological polar surface area (TPSA) is 30.5 Å². The van der Waals surface area contributed by atoms with E-state index in [4.69, 9.17) is 9.47 Å². The van der Waals surface area contributed by atoms with Crippen LogP contribution in [0, 0.1) is 0 Å². The van der Waals surface area contributed by atoms with Crippen LogP contribution >= 0.6 is 0 Å². The lowest BCUT2D eigenvalue weighted by atomic mass is 9.93. The molecule has 1 N–H and O–H groups in total. The average Bonchev–Trinajstić information content (AvgIpc) is 2.14. The predicted octanol–water partition coefficient (Wildman–Crippen LogP) is 1.96. The smallest absolute Gasteiger partial charge is 0.0693 e. The first-order valence-electron chi connectivity index (χ1n) is 5.87. The second-order valence-electron chi connectivity index (χ2n) is 5.19. The van der Waals surface area contributed by atoms with E-state index in [1.165, 1.54) is 0 Å². The van der Waals surface area contributed by atoms with Crippen LogP contribution in [0.4, 0.5) is 0 Å². The lowest BCUT2D eigenvalue weighted by Crippen LogP contribution is -2.49. The standard InChI is InChI=1S/C12H25NO2/c1-9(10(2)14-5)13-11-6-7-15-12(3,4)8-11/h9-11,13H,6-8H2,1-5H3. The number of hydrogen-bond acceptors (Lipinski definition) is 3. The first-order valence-corrected chi connectivity index (χ1v) is 5.87. The van der Waals surface area contributed by atoms with Crippen molar-refractivity contribution in [1.82, 2.24) is 5.32 Å². The monoisotopic (exact) mass is 215 g/mol. The highest BCUT2D eigenvalue weighted by atomic mass is 16.5. The summed E-state index contributed by atoms with van der Waals surface area (Å²) in [4.78, 5) is 0. The molecule has 1 aliphatic heterocycles. The van der Waals surface area contributed by atoms with Crippen LogP contribution < -0.4 is 5.32 Å². The second-order valence-corrected chi connectivity index (χ2v) is 5.19. The van der Waals surface area contributed by atoms with Crippen molar-refractivity contribution in [3.05, 3.63) is 0 Å². The van der Waals surface area contributed by atoms with Crippen molar-refractivity contribution >= 4 is 0 Å². The van der Waals surface area contributed by atoms with E-state index in [9.17, 15) is 0 Å².